The highest BCUT2D eigenvalue weighted by atomic mass is 16.4. The first-order valence-corrected chi connectivity index (χ1v) is 7.43. The van der Waals surface area contributed by atoms with E-state index in [0.29, 0.717) is 19.5 Å². The number of carbonyl (C=O) groups is 3. The third-order valence-corrected chi connectivity index (χ3v) is 3.76. The van der Waals surface area contributed by atoms with Gasteiger partial charge in [-0.1, -0.05) is 20.8 Å². The van der Waals surface area contributed by atoms with Gasteiger partial charge in [-0.25, -0.2) is 0 Å². The average molecular weight is 298 g/mol. The van der Waals surface area contributed by atoms with Gasteiger partial charge in [-0.3, -0.25) is 14.4 Å². The van der Waals surface area contributed by atoms with Crippen LogP contribution in [0.5, 0.6) is 0 Å². The summed E-state index contributed by atoms with van der Waals surface area (Å²) in [5, 5.41) is 11.4. The molecule has 21 heavy (non-hydrogen) atoms. The van der Waals surface area contributed by atoms with E-state index in [-0.39, 0.29) is 24.2 Å². The fourth-order valence-corrected chi connectivity index (χ4v) is 2.34. The van der Waals surface area contributed by atoms with Gasteiger partial charge < -0.3 is 15.3 Å². The molecule has 1 aliphatic rings. The molecule has 0 saturated carbocycles. The van der Waals surface area contributed by atoms with E-state index >= 15 is 0 Å². The standard InChI is InChI=1S/C15H26N2O4/c1-10(16-14(21)15(2,3)4)13(20)17-8-7-11(9-17)5-6-12(18)19/h10-11H,5-9H2,1-4H3,(H,16,21)(H,18,19). The maximum atomic E-state index is 12.3. The number of amides is 2. The summed E-state index contributed by atoms with van der Waals surface area (Å²) in [6, 6.07) is -0.546. The van der Waals surface area contributed by atoms with Crippen molar-refractivity contribution < 1.29 is 19.5 Å². The Kier molecular flexibility index (Phi) is 5.75. The molecule has 0 bridgehead atoms. The number of carboxylic acid groups (broad SMARTS) is 1. The van der Waals surface area contributed by atoms with Gasteiger partial charge in [0, 0.05) is 24.9 Å². The molecule has 2 unspecified atom stereocenters. The van der Waals surface area contributed by atoms with Crippen LogP contribution in [-0.2, 0) is 14.4 Å². The predicted molar refractivity (Wildman–Crippen MR) is 78.6 cm³/mol. The molecule has 0 aromatic carbocycles. The molecule has 0 aliphatic carbocycles. The van der Waals surface area contributed by atoms with E-state index < -0.39 is 17.4 Å². The van der Waals surface area contributed by atoms with Crippen molar-refractivity contribution in [3.05, 3.63) is 0 Å². The van der Waals surface area contributed by atoms with Crippen molar-refractivity contribution in [2.75, 3.05) is 13.1 Å². The van der Waals surface area contributed by atoms with Crippen molar-refractivity contribution in [3.63, 3.8) is 0 Å². The largest absolute Gasteiger partial charge is 0.481 e. The summed E-state index contributed by atoms with van der Waals surface area (Å²) >= 11 is 0. The number of nitrogens with zero attached hydrogens (tertiary/aromatic N) is 1. The Labute approximate surface area is 125 Å². The van der Waals surface area contributed by atoms with Gasteiger partial charge in [0.1, 0.15) is 6.04 Å². The second kappa shape index (κ2) is 6.91. The minimum atomic E-state index is -0.800. The predicted octanol–water partition coefficient (Wildman–Crippen LogP) is 1.25. The zero-order valence-electron chi connectivity index (χ0n) is 13.3. The number of carboxylic acids is 1. The summed E-state index contributed by atoms with van der Waals surface area (Å²) in [5.74, 6) is -0.795. The summed E-state index contributed by atoms with van der Waals surface area (Å²) in [6.45, 7) is 8.32. The Hall–Kier alpha value is -1.59. The van der Waals surface area contributed by atoms with Crippen LogP contribution < -0.4 is 5.32 Å². The molecule has 1 saturated heterocycles. The number of nitrogens with one attached hydrogen (secondary N) is 1. The van der Waals surface area contributed by atoms with E-state index in [1.807, 2.05) is 0 Å². The molecule has 1 fully saturated rings. The van der Waals surface area contributed by atoms with Crippen LogP contribution in [0.2, 0.25) is 0 Å². The molecule has 2 atom stereocenters. The summed E-state index contributed by atoms with van der Waals surface area (Å²) < 4.78 is 0. The van der Waals surface area contributed by atoms with Crippen molar-refractivity contribution in [2.45, 2.75) is 53.0 Å². The number of likely N-dealkylation sites (tertiary alicyclic amines) is 1. The molecular formula is C15H26N2O4. The van der Waals surface area contributed by atoms with Crippen LogP contribution in [0, 0.1) is 11.3 Å². The molecule has 1 aliphatic heterocycles. The lowest BCUT2D eigenvalue weighted by atomic mass is 9.95. The monoisotopic (exact) mass is 298 g/mol. The minimum Gasteiger partial charge on any atom is -0.481 e. The number of hydrogen-bond donors (Lipinski definition) is 2. The van der Waals surface area contributed by atoms with Crippen LogP contribution in [0.1, 0.15) is 47.0 Å². The lowest BCUT2D eigenvalue weighted by Crippen LogP contribution is -2.49. The average Bonchev–Trinajstić information content (AvgIpc) is 2.82. The maximum Gasteiger partial charge on any atom is 0.303 e. The molecule has 0 spiro atoms. The smallest absolute Gasteiger partial charge is 0.303 e. The fourth-order valence-electron chi connectivity index (χ4n) is 2.34. The zero-order valence-corrected chi connectivity index (χ0v) is 13.3. The van der Waals surface area contributed by atoms with Gasteiger partial charge in [0.2, 0.25) is 11.8 Å². The third-order valence-electron chi connectivity index (χ3n) is 3.76. The molecule has 6 heteroatoms. The quantitative estimate of drug-likeness (QED) is 0.799. The van der Waals surface area contributed by atoms with Crippen molar-refractivity contribution >= 4 is 17.8 Å². The lowest BCUT2D eigenvalue weighted by Gasteiger charge is -2.25. The highest BCUT2D eigenvalue weighted by Gasteiger charge is 2.31. The van der Waals surface area contributed by atoms with Gasteiger partial charge in [0.05, 0.1) is 0 Å². The van der Waals surface area contributed by atoms with Crippen molar-refractivity contribution in [2.24, 2.45) is 11.3 Å². The zero-order chi connectivity index (χ0) is 16.2. The van der Waals surface area contributed by atoms with Gasteiger partial charge in [-0.15, -0.1) is 0 Å². The van der Waals surface area contributed by atoms with Crippen LogP contribution >= 0.6 is 0 Å². The van der Waals surface area contributed by atoms with E-state index in [4.69, 9.17) is 5.11 Å². The Bertz CT molecular complexity index is 414. The fraction of sp³-hybridized carbons (Fsp3) is 0.800. The Morgan fingerprint density at radius 3 is 2.48 bits per heavy atom. The Balaban J connectivity index is 2.45. The van der Waals surface area contributed by atoms with Gasteiger partial charge >= 0.3 is 5.97 Å². The minimum absolute atomic E-state index is 0.0922. The first-order chi connectivity index (χ1) is 9.61. The molecule has 120 valence electrons. The second-order valence-electron chi connectivity index (χ2n) is 6.82. The van der Waals surface area contributed by atoms with Crippen LogP contribution in [0.15, 0.2) is 0 Å². The van der Waals surface area contributed by atoms with Crippen LogP contribution in [0.4, 0.5) is 0 Å². The summed E-state index contributed by atoms with van der Waals surface area (Å²) in [5.41, 5.74) is -0.524. The molecule has 0 radical (unpaired) electrons. The summed E-state index contributed by atoms with van der Waals surface area (Å²) in [7, 11) is 0. The lowest BCUT2D eigenvalue weighted by molar-refractivity contribution is -0.137. The molecule has 1 rings (SSSR count). The Morgan fingerprint density at radius 2 is 1.95 bits per heavy atom. The number of hydrogen-bond acceptors (Lipinski definition) is 3. The molecule has 1 heterocycles. The van der Waals surface area contributed by atoms with Crippen molar-refractivity contribution in [1.29, 1.82) is 0 Å². The van der Waals surface area contributed by atoms with E-state index in [2.05, 4.69) is 5.32 Å². The molecule has 0 aromatic rings. The van der Waals surface area contributed by atoms with E-state index in [1.54, 1.807) is 32.6 Å². The van der Waals surface area contributed by atoms with E-state index in [1.165, 1.54) is 0 Å². The second-order valence-corrected chi connectivity index (χ2v) is 6.82. The van der Waals surface area contributed by atoms with Crippen LogP contribution in [0.25, 0.3) is 0 Å². The van der Waals surface area contributed by atoms with Crippen LogP contribution in [-0.4, -0.2) is 46.9 Å². The SMILES string of the molecule is CC(NC(=O)C(C)(C)C)C(=O)N1CCC(CCC(=O)O)C1. The third kappa shape index (κ3) is 5.36. The molecule has 0 aromatic heterocycles. The van der Waals surface area contributed by atoms with E-state index in [9.17, 15) is 14.4 Å². The maximum absolute atomic E-state index is 12.3. The summed E-state index contributed by atoms with van der Waals surface area (Å²) in [6.07, 6.45) is 1.57. The van der Waals surface area contributed by atoms with E-state index in [0.717, 1.165) is 6.42 Å². The molecular weight excluding hydrogens is 272 g/mol. The van der Waals surface area contributed by atoms with Gasteiger partial charge in [-0.2, -0.15) is 0 Å². The van der Waals surface area contributed by atoms with Crippen LogP contribution in [0.3, 0.4) is 0 Å². The number of rotatable bonds is 5. The molecule has 2 amide bonds. The number of carbonyl (C=O) groups excluding carboxylic acids is 2. The van der Waals surface area contributed by atoms with Gasteiger partial charge in [0.25, 0.3) is 0 Å². The first-order valence-electron chi connectivity index (χ1n) is 7.43. The normalized spacial score (nSPS) is 20.2. The Morgan fingerprint density at radius 1 is 1.33 bits per heavy atom. The molecule has 6 nitrogen and oxygen atoms in total. The first kappa shape index (κ1) is 17.5. The van der Waals surface area contributed by atoms with Gasteiger partial charge in [-0.05, 0) is 25.7 Å². The van der Waals surface area contributed by atoms with Crippen molar-refractivity contribution in [3.8, 4) is 0 Å². The van der Waals surface area contributed by atoms with Gasteiger partial charge in [0.15, 0.2) is 0 Å². The topological polar surface area (TPSA) is 86.7 Å². The highest BCUT2D eigenvalue weighted by molar-refractivity contribution is 5.89. The summed E-state index contributed by atoms with van der Waals surface area (Å²) in [4.78, 5) is 36.5. The molecule has 2 N–H and O–H groups in total. The highest BCUT2D eigenvalue weighted by Crippen LogP contribution is 2.22. The van der Waals surface area contributed by atoms with Crippen molar-refractivity contribution in [1.82, 2.24) is 10.2 Å². The number of aliphatic carboxylic acids is 1.